The lowest BCUT2D eigenvalue weighted by Crippen LogP contribution is -2.12. The third-order valence-corrected chi connectivity index (χ3v) is 10.6. The Kier molecular flexibility index (Phi) is 11.2. The van der Waals surface area contributed by atoms with Crippen LogP contribution in [0.15, 0.2) is 146 Å². The smallest absolute Gasteiger partial charge is 0.0490 e. The third kappa shape index (κ3) is 8.46. The summed E-state index contributed by atoms with van der Waals surface area (Å²) in [4.78, 5) is 4.75. The van der Waals surface area contributed by atoms with Crippen molar-refractivity contribution in [2.24, 2.45) is 0 Å². The molecule has 0 amide bonds. The molecule has 2 nitrogen and oxygen atoms in total. The van der Waals surface area contributed by atoms with Crippen molar-refractivity contribution in [1.29, 1.82) is 0 Å². The van der Waals surface area contributed by atoms with E-state index in [9.17, 15) is 0 Å². The van der Waals surface area contributed by atoms with Gasteiger partial charge in [-0.15, -0.1) is 0 Å². The summed E-state index contributed by atoms with van der Waals surface area (Å²) < 4.78 is 0. The van der Waals surface area contributed by atoms with Crippen molar-refractivity contribution < 1.29 is 0 Å². The quantitative estimate of drug-likeness (QED) is 0.129. The van der Waals surface area contributed by atoms with Crippen LogP contribution < -0.4 is 9.80 Å². The lowest BCUT2D eigenvalue weighted by molar-refractivity contribution is 1.22. The normalized spacial score (nSPS) is 11.4. The van der Waals surface area contributed by atoms with Gasteiger partial charge in [0.2, 0.25) is 0 Å². The average molecular weight is 729 g/mol. The standard InChI is InChI=1S/C54H52N2/c1-37-13-11-17-49(33-37)55(53-29-19-39(3)31-43(53)7)51-27-25-45(41(5)35-51)21-23-47-15-9-10-16-48(47)24-22-46-26-28-52(36-42(46)6)56(50-18-12-14-38(2)34-50)54-30-20-40(4)32-44(54)8/h9-36H,1-8H3. The molecule has 0 atom stereocenters. The maximum atomic E-state index is 2.38. The first-order valence-electron chi connectivity index (χ1n) is 19.6. The van der Waals surface area contributed by atoms with Crippen LogP contribution in [0.1, 0.15) is 66.8 Å². The van der Waals surface area contributed by atoms with Crippen molar-refractivity contribution in [2.75, 3.05) is 9.80 Å². The van der Waals surface area contributed by atoms with Gasteiger partial charge in [-0.05, 0) is 172 Å². The zero-order chi connectivity index (χ0) is 39.3. The van der Waals surface area contributed by atoms with Crippen LogP contribution >= 0.6 is 0 Å². The highest BCUT2D eigenvalue weighted by Gasteiger charge is 2.17. The molecule has 0 N–H and O–H groups in total. The molecular weight excluding hydrogens is 677 g/mol. The fraction of sp³-hybridized carbons (Fsp3) is 0.148. The van der Waals surface area contributed by atoms with Gasteiger partial charge < -0.3 is 9.80 Å². The van der Waals surface area contributed by atoms with Gasteiger partial charge in [0.25, 0.3) is 0 Å². The van der Waals surface area contributed by atoms with Crippen LogP contribution in [0.2, 0.25) is 0 Å². The Hall–Kier alpha value is -6.38. The number of hydrogen-bond acceptors (Lipinski definition) is 2. The summed E-state index contributed by atoms with van der Waals surface area (Å²) in [6, 6.07) is 53.1. The summed E-state index contributed by atoms with van der Waals surface area (Å²) in [5.74, 6) is 0. The first kappa shape index (κ1) is 37.9. The van der Waals surface area contributed by atoms with Gasteiger partial charge in [0, 0.05) is 34.1 Å². The van der Waals surface area contributed by atoms with E-state index in [1.807, 2.05) is 0 Å². The highest BCUT2D eigenvalue weighted by atomic mass is 15.1. The van der Waals surface area contributed by atoms with Gasteiger partial charge >= 0.3 is 0 Å². The maximum Gasteiger partial charge on any atom is 0.0490 e. The van der Waals surface area contributed by atoms with Gasteiger partial charge in [-0.1, -0.05) is 120 Å². The van der Waals surface area contributed by atoms with E-state index in [4.69, 9.17) is 0 Å². The molecule has 0 aliphatic heterocycles. The van der Waals surface area contributed by atoms with Gasteiger partial charge in [0.15, 0.2) is 0 Å². The minimum absolute atomic E-state index is 1.15. The predicted octanol–water partition coefficient (Wildman–Crippen LogP) is 15.4. The molecule has 0 saturated carbocycles. The number of hydrogen-bond donors (Lipinski definition) is 0. The van der Waals surface area contributed by atoms with E-state index in [1.54, 1.807) is 0 Å². The van der Waals surface area contributed by atoms with Gasteiger partial charge in [-0.3, -0.25) is 0 Å². The topological polar surface area (TPSA) is 6.48 Å². The molecule has 0 fully saturated rings. The molecule has 7 aromatic carbocycles. The molecule has 7 aromatic rings. The summed E-state index contributed by atoms with van der Waals surface area (Å²) in [5, 5.41) is 0. The van der Waals surface area contributed by atoms with Crippen molar-refractivity contribution in [3.8, 4) is 0 Å². The van der Waals surface area contributed by atoms with Crippen LogP contribution in [0.4, 0.5) is 34.1 Å². The van der Waals surface area contributed by atoms with Crippen LogP contribution in [0.3, 0.4) is 0 Å². The summed E-state index contributed by atoms with van der Waals surface area (Å²) in [6.07, 6.45) is 8.97. The summed E-state index contributed by atoms with van der Waals surface area (Å²) >= 11 is 0. The van der Waals surface area contributed by atoms with E-state index < -0.39 is 0 Å². The van der Waals surface area contributed by atoms with Crippen LogP contribution in [0, 0.1) is 55.4 Å². The molecule has 56 heavy (non-hydrogen) atoms. The summed E-state index contributed by atoms with van der Waals surface area (Å²) in [6.45, 7) is 17.4. The van der Waals surface area contributed by atoms with E-state index in [0.717, 1.165) is 22.7 Å². The second-order valence-electron chi connectivity index (χ2n) is 15.3. The number of anilines is 6. The van der Waals surface area contributed by atoms with Crippen LogP contribution in [-0.2, 0) is 0 Å². The monoisotopic (exact) mass is 728 g/mol. The fourth-order valence-electron chi connectivity index (χ4n) is 7.65. The van der Waals surface area contributed by atoms with Crippen molar-refractivity contribution in [2.45, 2.75) is 55.4 Å². The predicted molar refractivity (Wildman–Crippen MR) is 244 cm³/mol. The largest absolute Gasteiger partial charge is 0.310 e. The second-order valence-corrected chi connectivity index (χ2v) is 15.3. The van der Waals surface area contributed by atoms with E-state index in [0.29, 0.717) is 0 Å². The second kappa shape index (κ2) is 16.6. The summed E-state index contributed by atoms with van der Waals surface area (Å²) in [5.41, 5.74) is 21.8. The van der Waals surface area contributed by atoms with E-state index >= 15 is 0 Å². The Morgan fingerprint density at radius 3 is 1.04 bits per heavy atom. The molecule has 2 heteroatoms. The molecule has 0 heterocycles. The number of benzene rings is 7. The van der Waals surface area contributed by atoms with Gasteiger partial charge in [0.05, 0.1) is 0 Å². The molecule has 0 saturated heterocycles. The summed E-state index contributed by atoms with van der Waals surface area (Å²) in [7, 11) is 0. The van der Waals surface area contributed by atoms with Crippen molar-refractivity contribution >= 4 is 58.4 Å². The highest BCUT2D eigenvalue weighted by molar-refractivity contribution is 5.84. The Bertz CT molecular complexity index is 2410. The molecule has 0 unspecified atom stereocenters. The van der Waals surface area contributed by atoms with Gasteiger partial charge in [-0.2, -0.15) is 0 Å². The molecule has 7 rings (SSSR count). The molecular formula is C54H52N2. The van der Waals surface area contributed by atoms with E-state index in [1.165, 1.54) is 78.1 Å². The Morgan fingerprint density at radius 1 is 0.286 bits per heavy atom. The number of aryl methyl sites for hydroxylation is 8. The molecule has 0 aromatic heterocycles. The lowest BCUT2D eigenvalue weighted by Gasteiger charge is -2.28. The third-order valence-electron chi connectivity index (χ3n) is 10.6. The first-order valence-corrected chi connectivity index (χ1v) is 19.6. The van der Waals surface area contributed by atoms with Crippen molar-refractivity contribution in [3.05, 3.63) is 212 Å². The molecule has 0 bridgehead atoms. The minimum atomic E-state index is 1.15. The highest BCUT2D eigenvalue weighted by Crippen LogP contribution is 2.40. The Balaban J connectivity index is 1.15. The minimum Gasteiger partial charge on any atom is -0.310 e. The number of rotatable bonds is 10. The Labute approximate surface area is 334 Å². The molecule has 278 valence electrons. The molecule has 0 aliphatic carbocycles. The molecule has 0 aliphatic rings. The van der Waals surface area contributed by atoms with Gasteiger partial charge in [0.1, 0.15) is 0 Å². The SMILES string of the molecule is Cc1cccc(N(c2ccc(C=Cc3ccccc3C=Cc3ccc(N(c4cccc(C)c4)c4ccc(C)cc4C)cc3C)c(C)c2)c2ccc(C)cc2C)c1. The first-order chi connectivity index (χ1) is 27.0. The fourth-order valence-corrected chi connectivity index (χ4v) is 7.65. The molecule has 0 radical (unpaired) electrons. The van der Waals surface area contributed by atoms with Crippen LogP contribution in [-0.4, -0.2) is 0 Å². The van der Waals surface area contributed by atoms with E-state index in [-0.39, 0.29) is 0 Å². The number of nitrogens with zero attached hydrogens (tertiary/aromatic N) is 2. The Morgan fingerprint density at radius 2 is 0.661 bits per heavy atom. The van der Waals surface area contributed by atoms with E-state index in [2.05, 4.69) is 235 Å². The maximum absolute atomic E-state index is 2.38. The van der Waals surface area contributed by atoms with Gasteiger partial charge in [-0.25, -0.2) is 0 Å². The van der Waals surface area contributed by atoms with Crippen molar-refractivity contribution in [1.82, 2.24) is 0 Å². The van der Waals surface area contributed by atoms with Crippen molar-refractivity contribution in [3.63, 3.8) is 0 Å². The zero-order valence-electron chi connectivity index (χ0n) is 34.1. The average Bonchev–Trinajstić information content (AvgIpc) is 3.16. The lowest BCUT2D eigenvalue weighted by atomic mass is 10.0. The molecule has 0 spiro atoms. The van der Waals surface area contributed by atoms with Crippen LogP contribution in [0.25, 0.3) is 24.3 Å². The van der Waals surface area contributed by atoms with Crippen LogP contribution in [0.5, 0.6) is 0 Å². The zero-order valence-corrected chi connectivity index (χ0v) is 34.1.